The molecule has 1 aliphatic rings. The van der Waals surface area contributed by atoms with Crippen LogP contribution >= 0.6 is 27.5 Å². The number of rotatable bonds is 4. The van der Waals surface area contributed by atoms with E-state index in [1.807, 2.05) is 36.4 Å². The molecule has 0 radical (unpaired) electrons. The molecule has 0 saturated heterocycles. The molecule has 9 heteroatoms. The Bertz CT molecular complexity index is 1100. The van der Waals surface area contributed by atoms with Crippen LogP contribution in [0.4, 0.5) is 4.79 Å². The number of carbonyl (C=O) groups excluding carboxylic acids is 1. The topological polar surface area (TPSA) is 87.5 Å². The molecule has 2 heterocycles. The van der Waals surface area contributed by atoms with Gasteiger partial charge in [0.1, 0.15) is 0 Å². The number of amides is 2. The van der Waals surface area contributed by atoms with Crippen molar-refractivity contribution in [3.63, 3.8) is 0 Å². The summed E-state index contributed by atoms with van der Waals surface area (Å²) < 4.78 is 2.59. The second kappa shape index (κ2) is 8.49. The molecule has 0 fully saturated rings. The Morgan fingerprint density at radius 3 is 2.50 bits per heavy atom. The predicted octanol–water partition coefficient (Wildman–Crippen LogP) is 4.25. The lowest BCUT2D eigenvalue weighted by atomic mass is 10.1. The molecule has 2 amide bonds. The quantitative estimate of drug-likeness (QED) is 0.573. The molecule has 0 spiro atoms. The number of fused-ring (bicyclic) bond motifs is 1. The predicted molar refractivity (Wildman–Crippen MR) is 116 cm³/mol. The Morgan fingerprint density at radius 2 is 1.83 bits per heavy atom. The number of aromatic nitrogens is 2. The molecule has 2 N–H and O–H groups in total. The monoisotopic (exact) mass is 488 g/mol. The summed E-state index contributed by atoms with van der Waals surface area (Å²) in [5.41, 5.74) is 3.07. The summed E-state index contributed by atoms with van der Waals surface area (Å²) in [6.45, 7) is 1.03. The van der Waals surface area contributed by atoms with Gasteiger partial charge >= 0.3 is 12.0 Å². The minimum absolute atomic E-state index is 0.0249. The van der Waals surface area contributed by atoms with Gasteiger partial charge < -0.3 is 15.3 Å². The Kier molecular flexibility index (Phi) is 5.78. The van der Waals surface area contributed by atoms with Gasteiger partial charge in [0.2, 0.25) is 0 Å². The van der Waals surface area contributed by atoms with Gasteiger partial charge in [0, 0.05) is 34.6 Å². The van der Waals surface area contributed by atoms with Crippen LogP contribution in [-0.4, -0.2) is 38.3 Å². The zero-order valence-electron chi connectivity index (χ0n) is 15.8. The van der Waals surface area contributed by atoms with E-state index in [1.54, 1.807) is 21.7 Å². The number of benzene rings is 2. The van der Waals surface area contributed by atoms with Crippen LogP contribution in [0.3, 0.4) is 0 Å². The van der Waals surface area contributed by atoms with Gasteiger partial charge in [-0.05, 0) is 42.0 Å². The molecule has 30 heavy (non-hydrogen) atoms. The van der Waals surface area contributed by atoms with Crippen molar-refractivity contribution in [2.24, 2.45) is 0 Å². The molecule has 3 aromatic rings. The maximum Gasteiger partial charge on any atom is 0.356 e. The fraction of sp³-hybridized carbons (Fsp3) is 0.190. The van der Waals surface area contributed by atoms with Gasteiger partial charge in [-0.1, -0.05) is 39.7 Å². The number of hydrogen-bond acceptors (Lipinski definition) is 3. The molecule has 7 nitrogen and oxygen atoms in total. The van der Waals surface area contributed by atoms with E-state index in [0.29, 0.717) is 30.1 Å². The minimum atomic E-state index is -1.11. The van der Waals surface area contributed by atoms with Crippen LogP contribution in [-0.2, 0) is 19.5 Å². The maximum atomic E-state index is 12.7. The van der Waals surface area contributed by atoms with Crippen LogP contribution in [0.25, 0.3) is 5.69 Å². The normalized spacial score (nSPS) is 13.1. The van der Waals surface area contributed by atoms with E-state index in [4.69, 9.17) is 11.6 Å². The Hall–Kier alpha value is -2.84. The van der Waals surface area contributed by atoms with Crippen molar-refractivity contribution in [1.82, 2.24) is 20.0 Å². The van der Waals surface area contributed by atoms with Gasteiger partial charge in [0.05, 0.1) is 17.9 Å². The van der Waals surface area contributed by atoms with E-state index < -0.39 is 5.97 Å². The first-order chi connectivity index (χ1) is 14.4. The largest absolute Gasteiger partial charge is 0.476 e. The van der Waals surface area contributed by atoms with Gasteiger partial charge in [-0.2, -0.15) is 5.10 Å². The van der Waals surface area contributed by atoms with E-state index in [0.717, 1.165) is 21.4 Å². The summed E-state index contributed by atoms with van der Waals surface area (Å²) in [5.74, 6) is -1.11. The molecule has 0 saturated carbocycles. The van der Waals surface area contributed by atoms with Crippen molar-refractivity contribution in [2.75, 3.05) is 6.54 Å². The summed E-state index contributed by atoms with van der Waals surface area (Å²) in [7, 11) is 0. The third-order valence-electron chi connectivity index (χ3n) is 4.98. The molecule has 154 valence electrons. The zero-order valence-corrected chi connectivity index (χ0v) is 18.2. The summed E-state index contributed by atoms with van der Waals surface area (Å²) in [6.07, 6.45) is 0.514. The average molecular weight is 490 g/mol. The van der Waals surface area contributed by atoms with Crippen LogP contribution in [0.5, 0.6) is 0 Å². The van der Waals surface area contributed by atoms with Crippen molar-refractivity contribution in [2.45, 2.75) is 19.5 Å². The summed E-state index contributed by atoms with van der Waals surface area (Å²) >= 11 is 9.28. The molecule has 1 aromatic heterocycles. The van der Waals surface area contributed by atoms with Gasteiger partial charge in [0.25, 0.3) is 0 Å². The number of halogens is 2. The lowest BCUT2D eigenvalue weighted by molar-refractivity contribution is 0.0687. The van der Waals surface area contributed by atoms with Crippen molar-refractivity contribution in [3.8, 4) is 5.69 Å². The highest BCUT2D eigenvalue weighted by Crippen LogP contribution is 2.26. The number of carboxylic acid groups (broad SMARTS) is 1. The highest BCUT2D eigenvalue weighted by atomic mass is 79.9. The second-order valence-corrected chi connectivity index (χ2v) is 8.28. The summed E-state index contributed by atoms with van der Waals surface area (Å²) in [4.78, 5) is 26.0. The summed E-state index contributed by atoms with van der Waals surface area (Å²) in [5, 5.41) is 17.5. The van der Waals surface area contributed by atoms with Crippen LogP contribution in [0.15, 0.2) is 53.0 Å². The van der Waals surface area contributed by atoms with Crippen LogP contribution in [0.2, 0.25) is 5.02 Å². The van der Waals surface area contributed by atoms with Crippen molar-refractivity contribution >= 4 is 39.5 Å². The van der Waals surface area contributed by atoms with Crippen molar-refractivity contribution in [3.05, 3.63) is 80.5 Å². The van der Waals surface area contributed by atoms with Gasteiger partial charge in [0.15, 0.2) is 5.69 Å². The molecule has 0 unspecified atom stereocenters. The zero-order chi connectivity index (χ0) is 21.3. The third kappa shape index (κ3) is 4.20. The molecule has 4 rings (SSSR count). The Morgan fingerprint density at radius 1 is 1.13 bits per heavy atom. The lowest BCUT2D eigenvalue weighted by Crippen LogP contribution is -2.42. The van der Waals surface area contributed by atoms with Crippen molar-refractivity contribution in [1.29, 1.82) is 0 Å². The molecular weight excluding hydrogens is 472 g/mol. The van der Waals surface area contributed by atoms with E-state index in [-0.39, 0.29) is 18.3 Å². The first-order valence-electron chi connectivity index (χ1n) is 9.29. The highest BCUT2D eigenvalue weighted by molar-refractivity contribution is 9.10. The first-order valence-corrected chi connectivity index (χ1v) is 10.5. The Labute approximate surface area is 186 Å². The number of carboxylic acids is 1. The maximum absolute atomic E-state index is 12.7. The number of aromatic carboxylic acids is 1. The number of nitrogens with zero attached hydrogens (tertiary/aromatic N) is 3. The number of carbonyl (C=O) groups is 2. The standard InChI is InChI=1S/C21H18BrClN4O3/c22-14-3-7-16(8-4-14)27-18-9-10-26(12-17(18)19(25-27)20(28)29)21(30)24-11-13-1-5-15(23)6-2-13/h1-8H,9-12H2,(H,24,30)(H,28,29). The van der Waals surface area contributed by atoms with E-state index in [1.165, 1.54) is 0 Å². The second-order valence-electron chi connectivity index (χ2n) is 6.92. The first kappa shape index (κ1) is 20.4. The number of hydrogen-bond donors (Lipinski definition) is 2. The lowest BCUT2D eigenvalue weighted by Gasteiger charge is -2.28. The summed E-state index contributed by atoms with van der Waals surface area (Å²) in [6, 6.07) is 14.5. The Balaban J connectivity index is 1.53. The molecule has 0 atom stereocenters. The number of urea groups is 1. The van der Waals surface area contributed by atoms with E-state index in [9.17, 15) is 14.7 Å². The van der Waals surface area contributed by atoms with Gasteiger partial charge in [-0.25, -0.2) is 14.3 Å². The molecule has 0 bridgehead atoms. The van der Waals surface area contributed by atoms with Crippen LogP contribution in [0, 0.1) is 0 Å². The van der Waals surface area contributed by atoms with E-state index in [2.05, 4.69) is 26.3 Å². The van der Waals surface area contributed by atoms with Crippen molar-refractivity contribution < 1.29 is 14.7 Å². The third-order valence-corrected chi connectivity index (χ3v) is 5.76. The van der Waals surface area contributed by atoms with Gasteiger partial charge in [-0.15, -0.1) is 0 Å². The van der Waals surface area contributed by atoms with E-state index >= 15 is 0 Å². The fourth-order valence-electron chi connectivity index (χ4n) is 3.45. The fourth-order valence-corrected chi connectivity index (χ4v) is 3.84. The smallest absolute Gasteiger partial charge is 0.356 e. The average Bonchev–Trinajstić information content (AvgIpc) is 3.13. The molecule has 1 aliphatic heterocycles. The molecule has 2 aromatic carbocycles. The number of nitrogens with one attached hydrogen (secondary N) is 1. The highest BCUT2D eigenvalue weighted by Gasteiger charge is 2.30. The minimum Gasteiger partial charge on any atom is -0.476 e. The molecule has 0 aliphatic carbocycles. The van der Waals surface area contributed by atoms with Crippen LogP contribution in [0.1, 0.15) is 27.3 Å². The SMILES string of the molecule is O=C(O)c1nn(-c2ccc(Br)cc2)c2c1CN(C(=O)NCc1ccc(Cl)cc1)CC2. The van der Waals surface area contributed by atoms with Crippen LogP contribution < -0.4 is 5.32 Å². The molecular formula is C21H18BrClN4O3. The van der Waals surface area contributed by atoms with Gasteiger partial charge in [-0.3, -0.25) is 0 Å².